The standard InChI is InChI=1S/C39H54N4O5/c1-33(2,3)47-32(46)41-18-12-28-42-31(43-48-28)39-16-14-34(4,5)21-24(39)29-25(44)19-27-36(8)20-23(22-40)30(45)35(6,7)26(36)11-13-37(27,9)38(29,10)15-17-39/h19-20,24,26,29H,11-18,21H2,1-10H3,(H,41,46)/t24-,26-,29-,36-,37+,38+,39-/m0/s1. The number of carbonyl (C=O) groups is 3. The third-order valence-corrected chi connectivity index (χ3v) is 13.8. The summed E-state index contributed by atoms with van der Waals surface area (Å²) in [4.78, 5) is 45.3. The van der Waals surface area contributed by atoms with Crippen LogP contribution in [-0.4, -0.2) is 39.9 Å². The summed E-state index contributed by atoms with van der Waals surface area (Å²) in [5.41, 5.74) is -1.44. The molecule has 3 fully saturated rings. The molecule has 0 bridgehead atoms. The van der Waals surface area contributed by atoms with Crippen LogP contribution < -0.4 is 5.32 Å². The number of Topliss-reactive ketones (excluding diaryl/α,β-unsaturated/α-hetero) is 1. The molecule has 0 spiro atoms. The number of hydrogen-bond acceptors (Lipinski definition) is 8. The van der Waals surface area contributed by atoms with Crippen LogP contribution in [0.5, 0.6) is 0 Å². The fourth-order valence-electron chi connectivity index (χ4n) is 11.2. The molecule has 7 atom stereocenters. The van der Waals surface area contributed by atoms with Crippen LogP contribution in [0.25, 0.3) is 0 Å². The van der Waals surface area contributed by atoms with Crippen LogP contribution in [-0.2, 0) is 26.2 Å². The van der Waals surface area contributed by atoms with Crippen molar-refractivity contribution in [1.82, 2.24) is 15.5 Å². The van der Waals surface area contributed by atoms with E-state index in [-0.39, 0.29) is 56.6 Å². The van der Waals surface area contributed by atoms with Gasteiger partial charge in [-0.25, -0.2) is 4.79 Å². The summed E-state index contributed by atoms with van der Waals surface area (Å²) >= 11 is 0. The van der Waals surface area contributed by atoms with Gasteiger partial charge in [0.25, 0.3) is 0 Å². The molecule has 5 aliphatic rings. The monoisotopic (exact) mass is 658 g/mol. The predicted octanol–water partition coefficient (Wildman–Crippen LogP) is 7.61. The number of allylic oxidation sites excluding steroid dienone is 4. The number of aromatic nitrogens is 2. The van der Waals surface area contributed by atoms with E-state index in [2.05, 4.69) is 51.2 Å². The lowest BCUT2D eigenvalue weighted by Gasteiger charge is -2.69. The van der Waals surface area contributed by atoms with Gasteiger partial charge in [-0.2, -0.15) is 10.2 Å². The van der Waals surface area contributed by atoms with Gasteiger partial charge in [-0.3, -0.25) is 9.59 Å². The highest BCUT2D eigenvalue weighted by atomic mass is 16.6. The number of alkyl carbamates (subject to hydrolysis) is 1. The third kappa shape index (κ3) is 5.02. The lowest BCUT2D eigenvalue weighted by atomic mass is 9.34. The first-order valence-corrected chi connectivity index (χ1v) is 17.9. The molecule has 1 N–H and O–H groups in total. The van der Waals surface area contributed by atoms with E-state index in [0.29, 0.717) is 24.7 Å². The zero-order valence-electron chi connectivity index (χ0n) is 30.6. The summed E-state index contributed by atoms with van der Waals surface area (Å²) < 4.78 is 11.2. The number of nitrogens with zero attached hydrogens (tertiary/aromatic N) is 3. The van der Waals surface area contributed by atoms with Crippen molar-refractivity contribution in [3.05, 3.63) is 35.0 Å². The largest absolute Gasteiger partial charge is 0.444 e. The highest BCUT2D eigenvalue weighted by Crippen LogP contribution is 2.74. The Hall–Kier alpha value is -3.28. The van der Waals surface area contributed by atoms with Crippen LogP contribution in [0.1, 0.15) is 126 Å². The lowest BCUT2D eigenvalue weighted by Crippen LogP contribution is -2.65. The Morgan fingerprint density at radius 1 is 1.06 bits per heavy atom. The molecule has 1 aromatic rings. The van der Waals surface area contributed by atoms with Crippen LogP contribution in [0.3, 0.4) is 0 Å². The Kier molecular flexibility index (Phi) is 7.82. The quantitative estimate of drug-likeness (QED) is 0.349. The first-order valence-electron chi connectivity index (χ1n) is 17.9. The Bertz CT molecular complexity index is 1650. The van der Waals surface area contributed by atoms with Gasteiger partial charge in [0, 0.05) is 35.1 Å². The molecule has 1 aromatic heterocycles. The Morgan fingerprint density at radius 2 is 1.75 bits per heavy atom. The van der Waals surface area contributed by atoms with E-state index in [4.69, 9.17) is 14.2 Å². The van der Waals surface area contributed by atoms with Gasteiger partial charge in [-0.15, -0.1) is 0 Å². The number of rotatable bonds is 4. The number of ether oxygens (including phenoxy) is 1. The second-order valence-electron chi connectivity index (χ2n) is 18.6. The van der Waals surface area contributed by atoms with Gasteiger partial charge in [-0.1, -0.05) is 65.3 Å². The van der Waals surface area contributed by atoms with E-state index in [1.54, 1.807) is 0 Å². The first-order chi connectivity index (χ1) is 22.1. The smallest absolute Gasteiger partial charge is 0.407 e. The number of fused-ring (bicyclic) bond motifs is 7. The number of nitriles is 1. The second-order valence-corrected chi connectivity index (χ2v) is 18.6. The van der Waals surface area contributed by atoms with Crippen LogP contribution in [0.15, 0.2) is 27.8 Å². The van der Waals surface area contributed by atoms with Gasteiger partial charge in [0.2, 0.25) is 5.89 Å². The first kappa shape index (κ1) is 34.6. The van der Waals surface area contributed by atoms with E-state index in [1.165, 1.54) is 0 Å². The van der Waals surface area contributed by atoms with Gasteiger partial charge in [0.15, 0.2) is 17.4 Å². The Morgan fingerprint density at radius 3 is 2.42 bits per heavy atom. The summed E-state index contributed by atoms with van der Waals surface area (Å²) in [5, 5.41) is 17.4. The normalized spacial score (nSPS) is 38.2. The molecule has 0 aromatic carbocycles. The maximum Gasteiger partial charge on any atom is 0.407 e. The summed E-state index contributed by atoms with van der Waals surface area (Å²) in [6, 6.07) is 2.20. The summed E-state index contributed by atoms with van der Waals surface area (Å²) in [7, 11) is 0. The molecule has 0 radical (unpaired) electrons. The summed E-state index contributed by atoms with van der Waals surface area (Å²) in [5.74, 6) is 1.06. The fraction of sp³-hybridized carbons (Fsp3) is 0.744. The number of carbonyl (C=O) groups excluding carboxylic acids is 3. The second kappa shape index (κ2) is 10.9. The minimum Gasteiger partial charge on any atom is -0.444 e. The predicted molar refractivity (Wildman–Crippen MR) is 180 cm³/mol. The van der Waals surface area contributed by atoms with Crippen LogP contribution in [0, 0.1) is 56.2 Å². The molecule has 1 amide bonds. The lowest BCUT2D eigenvalue weighted by molar-refractivity contribution is -0.160. The molecule has 0 aliphatic heterocycles. The Labute approximate surface area is 285 Å². The van der Waals surface area contributed by atoms with E-state index >= 15 is 0 Å². The van der Waals surface area contributed by atoms with Crippen LogP contribution in [0.2, 0.25) is 0 Å². The zero-order valence-corrected chi connectivity index (χ0v) is 30.6. The highest BCUT2D eigenvalue weighted by Gasteiger charge is 2.70. The van der Waals surface area contributed by atoms with E-state index < -0.39 is 22.5 Å². The Balaban J connectivity index is 1.37. The highest BCUT2D eigenvalue weighted by molar-refractivity contribution is 6.04. The molecule has 5 aliphatic carbocycles. The van der Waals surface area contributed by atoms with Crippen LogP contribution in [0.4, 0.5) is 4.79 Å². The SMILES string of the molecule is CC1(C)CC[C@]2(c3noc(CCNC(=O)OC(C)(C)C)n3)CC[C@]3(C)[C@H](C(=O)C=C4[C@@]5(C)C=C(C#N)C(=O)C(C)(C)[C@@H]5CC[C@]43C)[C@@H]2C1. The number of amides is 1. The average molecular weight is 659 g/mol. The molecule has 3 saturated carbocycles. The number of nitrogens with one attached hydrogen (secondary N) is 1. The number of hydrogen-bond donors (Lipinski definition) is 1. The molecular weight excluding hydrogens is 604 g/mol. The van der Waals surface area contributed by atoms with Gasteiger partial charge in [0.1, 0.15) is 11.7 Å². The molecule has 0 saturated heterocycles. The van der Waals surface area contributed by atoms with Crippen molar-refractivity contribution in [3.8, 4) is 6.07 Å². The molecule has 48 heavy (non-hydrogen) atoms. The van der Waals surface area contributed by atoms with Crippen molar-refractivity contribution < 1.29 is 23.6 Å². The maximum absolute atomic E-state index is 14.8. The molecule has 6 rings (SSSR count). The maximum atomic E-state index is 14.8. The number of ketones is 2. The summed E-state index contributed by atoms with van der Waals surface area (Å²) in [6.45, 7) is 21.2. The third-order valence-electron chi connectivity index (χ3n) is 13.8. The topological polar surface area (TPSA) is 135 Å². The summed E-state index contributed by atoms with van der Waals surface area (Å²) in [6.07, 6.45) is 9.99. The van der Waals surface area contributed by atoms with Crippen molar-refractivity contribution in [3.63, 3.8) is 0 Å². The van der Waals surface area contributed by atoms with Crippen molar-refractivity contribution in [2.24, 2.45) is 44.8 Å². The van der Waals surface area contributed by atoms with Gasteiger partial charge >= 0.3 is 6.09 Å². The molecule has 9 nitrogen and oxygen atoms in total. The molecule has 9 heteroatoms. The van der Waals surface area contributed by atoms with Crippen molar-refractivity contribution in [1.29, 1.82) is 5.26 Å². The minimum atomic E-state index is -0.689. The van der Waals surface area contributed by atoms with Gasteiger partial charge in [0.05, 0.1) is 5.57 Å². The van der Waals surface area contributed by atoms with Gasteiger partial charge < -0.3 is 14.6 Å². The zero-order chi connectivity index (χ0) is 35.3. The van der Waals surface area contributed by atoms with Crippen molar-refractivity contribution in [2.45, 2.75) is 132 Å². The minimum absolute atomic E-state index is 0.0146. The fourth-order valence-corrected chi connectivity index (χ4v) is 11.2. The van der Waals surface area contributed by atoms with Crippen molar-refractivity contribution in [2.75, 3.05) is 6.54 Å². The molecule has 260 valence electrons. The molecule has 1 heterocycles. The van der Waals surface area contributed by atoms with Crippen molar-refractivity contribution >= 4 is 17.7 Å². The van der Waals surface area contributed by atoms with E-state index in [0.717, 1.165) is 50.5 Å². The van der Waals surface area contributed by atoms with Crippen LogP contribution >= 0.6 is 0 Å². The average Bonchev–Trinajstić information content (AvgIpc) is 3.44. The molecular formula is C39H54N4O5. The molecule has 0 unspecified atom stereocenters. The van der Waals surface area contributed by atoms with Gasteiger partial charge in [-0.05, 0) is 99.9 Å². The van der Waals surface area contributed by atoms with E-state index in [1.807, 2.05) is 46.8 Å². The van der Waals surface area contributed by atoms with E-state index in [9.17, 15) is 19.6 Å².